The number of ether oxygens (including phenoxy) is 3. The molecule has 3 rings (SSSR count). The van der Waals surface area contributed by atoms with E-state index in [0.29, 0.717) is 43.4 Å². The van der Waals surface area contributed by atoms with Crippen LogP contribution in [0.1, 0.15) is 22.3 Å². The summed E-state index contributed by atoms with van der Waals surface area (Å²) in [6.45, 7) is 1.68. The Labute approximate surface area is 155 Å². The second-order valence-corrected chi connectivity index (χ2v) is 6.13. The number of pyridine rings is 1. The van der Waals surface area contributed by atoms with Gasteiger partial charge in [0.1, 0.15) is 5.56 Å². The Bertz CT molecular complexity index is 935. The second kappa shape index (κ2) is 8.13. The first-order valence-electron chi connectivity index (χ1n) is 8.54. The molecule has 1 aromatic carbocycles. The Hall–Kier alpha value is -3.00. The van der Waals surface area contributed by atoms with E-state index in [1.807, 2.05) is 12.1 Å². The number of nitroso groups, excluding NO2 is 1. The van der Waals surface area contributed by atoms with Gasteiger partial charge in [-0.2, -0.15) is 0 Å². The highest BCUT2D eigenvalue weighted by Crippen LogP contribution is 2.38. The average Bonchev–Trinajstić information content (AvgIpc) is 2.69. The zero-order valence-corrected chi connectivity index (χ0v) is 15.2. The maximum atomic E-state index is 12.2. The number of nitrogens with zero attached hydrogens (tertiary/aromatic N) is 2. The SMILES string of the molecule is COCCCOc1cc2c(cc1OC)-c1cc(=O)c(C(=O)N=O)cn1CC2. The van der Waals surface area contributed by atoms with E-state index in [0.717, 1.165) is 17.5 Å². The molecule has 0 bridgehead atoms. The number of carbonyl (C=O) groups excluding carboxylic acids is 1. The van der Waals surface area contributed by atoms with Crippen molar-refractivity contribution in [3.05, 3.63) is 50.7 Å². The summed E-state index contributed by atoms with van der Waals surface area (Å²) in [5.41, 5.74) is 1.76. The highest BCUT2D eigenvalue weighted by atomic mass is 16.5. The van der Waals surface area contributed by atoms with Crippen LogP contribution in [0.4, 0.5) is 0 Å². The molecule has 0 radical (unpaired) electrons. The van der Waals surface area contributed by atoms with Crippen molar-refractivity contribution < 1.29 is 19.0 Å². The molecule has 1 aliphatic rings. The van der Waals surface area contributed by atoms with Gasteiger partial charge in [-0.3, -0.25) is 9.59 Å². The highest BCUT2D eigenvalue weighted by Gasteiger charge is 2.22. The van der Waals surface area contributed by atoms with E-state index in [9.17, 15) is 14.5 Å². The van der Waals surface area contributed by atoms with Gasteiger partial charge in [0.05, 0.1) is 19.4 Å². The van der Waals surface area contributed by atoms with Crippen molar-refractivity contribution in [2.24, 2.45) is 5.18 Å². The lowest BCUT2D eigenvalue weighted by Gasteiger charge is -2.24. The van der Waals surface area contributed by atoms with Crippen molar-refractivity contribution in [3.8, 4) is 22.8 Å². The van der Waals surface area contributed by atoms with Crippen molar-refractivity contribution in [1.29, 1.82) is 0 Å². The third kappa shape index (κ3) is 3.75. The number of methoxy groups -OCH3 is 2. The number of hydrogen-bond donors (Lipinski definition) is 0. The van der Waals surface area contributed by atoms with E-state index in [2.05, 4.69) is 5.18 Å². The highest BCUT2D eigenvalue weighted by molar-refractivity contribution is 5.94. The molecular formula is C19H20N2O6. The predicted molar refractivity (Wildman–Crippen MR) is 98.5 cm³/mol. The van der Waals surface area contributed by atoms with Crippen LogP contribution in [0.3, 0.4) is 0 Å². The van der Waals surface area contributed by atoms with Crippen LogP contribution in [0.25, 0.3) is 11.3 Å². The van der Waals surface area contributed by atoms with Crippen LogP contribution in [0.5, 0.6) is 11.5 Å². The summed E-state index contributed by atoms with van der Waals surface area (Å²) in [5.74, 6) is 0.139. The van der Waals surface area contributed by atoms with Crippen LogP contribution in [0, 0.1) is 4.91 Å². The molecule has 2 aromatic rings. The van der Waals surface area contributed by atoms with Gasteiger partial charge in [0.25, 0.3) is 0 Å². The smallest absolute Gasteiger partial charge is 0.322 e. The average molecular weight is 372 g/mol. The van der Waals surface area contributed by atoms with Crippen molar-refractivity contribution in [2.45, 2.75) is 19.4 Å². The molecule has 0 fully saturated rings. The molecule has 0 saturated carbocycles. The second-order valence-electron chi connectivity index (χ2n) is 6.13. The van der Waals surface area contributed by atoms with Gasteiger partial charge in [0.15, 0.2) is 16.9 Å². The lowest BCUT2D eigenvalue weighted by atomic mass is 9.96. The number of carbonyl (C=O) groups is 1. The minimum Gasteiger partial charge on any atom is -0.493 e. The Morgan fingerprint density at radius 1 is 1.19 bits per heavy atom. The fourth-order valence-electron chi connectivity index (χ4n) is 3.15. The normalized spacial score (nSPS) is 12.1. The third-order valence-corrected chi connectivity index (χ3v) is 4.48. The molecule has 8 nitrogen and oxygen atoms in total. The summed E-state index contributed by atoms with van der Waals surface area (Å²) in [6, 6.07) is 5.10. The Kier molecular flexibility index (Phi) is 5.66. The minimum absolute atomic E-state index is 0.220. The summed E-state index contributed by atoms with van der Waals surface area (Å²) < 4.78 is 18.0. The summed E-state index contributed by atoms with van der Waals surface area (Å²) in [7, 11) is 3.19. The van der Waals surface area contributed by atoms with Gasteiger partial charge < -0.3 is 18.8 Å². The zero-order valence-electron chi connectivity index (χ0n) is 15.2. The molecule has 0 N–H and O–H groups in total. The molecule has 0 atom stereocenters. The lowest BCUT2D eigenvalue weighted by molar-refractivity contribution is 0.0999. The van der Waals surface area contributed by atoms with E-state index in [-0.39, 0.29) is 5.56 Å². The summed E-state index contributed by atoms with van der Waals surface area (Å²) in [6.07, 6.45) is 2.84. The van der Waals surface area contributed by atoms with E-state index in [1.54, 1.807) is 18.8 Å². The van der Waals surface area contributed by atoms with E-state index in [4.69, 9.17) is 14.2 Å². The van der Waals surface area contributed by atoms with E-state index < -0.39 is 11.3 Å². The van der Waals surface area contributed by atoms with Crippen LogP contribution in [0.2, 0.25) is 0 Å². The van der Waals surface area contributed by atoms with Crippen molar-refractivity contribution in [2.75, 3.05) is 27.4 Å². The number of aryl methyl sites for hydroxylation is 2. The van der Waals surface area contributed by atoms with Gasteiger partial charge in [-0.05, 0) is 24.1 Å². The van der Waals surface area contributed by atoms with Crippen LogP contribution >= 0.6 is 0 Å². The molecule has 27 heavy (non-hydrogen) atoms. The zero-order chi connectivity index (χ0) is 19.4. The molecular weight excluding hydrogens is 352 g/mol. The van der Waals surface area contributed by atoms with Gasteiger partial charge >= 0.3 is 5.91 Å². The van der Waals surface area contributed by atoms with Gasteiger partial charge in [-0.1, -0.05) is 0 Å². The van der Waals surface area contributed by atoms with Crippen molar-refractivity contribution >= 4 is 5.91 Å². The van der Waals surface area contributed by atoms with Crippen molar-refractivity contribution in [3.63, 3.8) is 0 Å². The maximum Gasteiger partial charge on any atom is 0.322 e. The standard InChI is InChI=1S/C19H20N2O6/c1-25-6-3-7-27-18-8-12-4-5-21-11-14(19(23)20-24)16(22)10-15(21)13(12)9-17(18)26-2/h8-11H,3-7H2,1-2H3. The van der Waals surface area contributed by atoms with Crippen molar-refractivity contribution in [1.82, 2.24) is 4.57 Å². The Morgan fingerprint density at radius 2 is 2.00 bits per heavy atom. The largest absolute Gasteiger partial charge is 0.493 e. The molecule has 0 saturated heterocycles. The third-order valence-electron chi connectivity index (χ3n) is 4.48. The quantitative estimate of drug-likeness (QED) is 0.547. The Balaban J connectivity index is 1.99. The van der Waals surface area contributed by atoms with Gasteiger partial charge in [-0.15, -0.1) is 4.91 Å². The molecule has 2 heterocycles. The Morgan fingerprint density at radius 3 is 2.70 bits per heavy atom. The fourth-order valence-corrected chi connectivity index (χ4v) is 3.15. The molecule has 0 aliphatic carbocycles. The minimum atomic E-state index is -1.06. The van der Waals surface area contributed by atoms with Crippen LogP contribution in [-0.4, -0.2) is 37.9 Å². The fraction of sp³-hybridized carbons (Fsp3) is 0.368. The topological polar surface area (TPSA) is 96.2 Å². The molecule has 1 amide bonds. The van der Waals surface area contributed by atoms with Crippen LogP contribution in [-0.2, 0) is 17.7 Å². The molecule has 142 valence electrons. The molecule has 0 spiro atoms. The number of amides is 1. The summed E-state index contributed by atoms with van der Waals surface area (Å²) in [4.78, 5) is 34.2. The summed E-state index contributed by atoms with van der Waals surface area (Å²) >= 11 is 0. The number of aromatic nitrogens is 1. The monoisotopic (exact) mass is 372 g/mol. The lowest BCUT2D eigenvalue weighted by Crippen LogP contribution is -2.21. The molecule has 8 heteroatoms. The van der Waals surface area contributed by atoms with Gasteiger partial charge in [0.2, 0.25) is 0 Å². The predicted octanol–water partition coefficient (Wildman–Crippen LogP) is 2.40. The number of rotatable bonds is 7. The summed E-state index contributed by atoms with van der Waals surface area (Å²) in [5, 5.41) is 2.35. The van der Waals surface area contributed by atoms with Gasteiger partial charge in [-0.25, -0.2) is 0 Å². The number of hydrogen-bond acceptors (Lipinski definition) is 6. The van der Waals surface area contributed by atoms with Crippen LogP contribution in [0.15, 0.2) is 34.4 Å². The van der Waals surface area contributed by atoms with E-state index in [1.165, 1.54) is 12.3 Å². The van der Waals surface area contributed by atoms with Gasteiger partial charge in [0, 0.05) is 49.7 Å². The molecule has 1 aliphatic heterocycles. The molecule has 1 aromatic heterocycles. The van der Waals surface area contributed by atoms with E-state index >= 15 is 0 Å². The maximum absolute atomic E-state index is 12.2. The van der Waals surface area contributed by atoms with Crippen LogP contribution < -0.4 is 14.9 Å². The first-order valence-corrected chi connectivity index (χ1v) is 8.54. The first kappa shape index (κ1) is 18.8. The first-order chi connectivity index (χ1) is 13.1. The number of benzene rings is 1. The molecule has 0 unspecified atom stereocenters. The number of fused-ring (bicyclic) bond motifs is 3.